The largest absolute Gasteiger partial charge is 0.465 e. The van der Waals surface area contributed by atoms with Gasteiger partial charge in [0.15, 0.2) is 5.41 Å². The summed E-state index contributed by atoms with van der Waals surface area (Å²) in [7, 11) is 0. The van der Waals surface area contributed by atoms with E-state index in [9.17, 15) is 10.1 Å². The number of benzene rings is 2. The van der Waals surface area contributed by atoms with Gasteiger partial charge < -0.3 is 4.74 Å². The molecule has 4 nitrogen and oxygen atoms in total. The second-order valence-electron chi connectivity index (χ2n) is 5.34. The molecule has 2 aromatic rings. The van der Waals surface area contributed by atoms with E-state index in [1.165, 1.54) is 0 Å². The first-order chi connectivity index (χ1) is 11.7. The van der Waals surface area contributed by atoms with Crippen molar-refractivity contribution in [1.82, 2.24) is 0 Å². The SMILES string of the molecule is CCOC(=O)[C@@](C#N)(CCC#N)c1ccc(-c2ccccc2)cc1. The predicted molar refractivity (Wildman–Crippen MR) is 90.6 cm³/mol. The van der Waals surface area contributed by atoms with Crippen molar-refractivity contribution in [2.45, 2.75) is 25.2 Å². The van der Waals surface area contributed by atoms with Crippen molar-refractivity contribution in [2.24, 2.45) is 0 Å². The van der Waals surface area contributed by atoms with Gasteiger partial charge in [0.1, 0.15) is 0 Å². The molecule has 24 heavy (non-hydrogen) atoms. The van der Waals surface area contributed by atoms with Gasteiger partial charge in [-0.25, -0.2) is 4.79 Å². The summed E-state index contributed by atoms with van der Waals surface area (Å²) >= 11 is 0. The molecule has 0 unspecified atom stereocenters. The van der Waals surface area contributed by atoms with Crippen LogP contribution in [0.15, 0.2) is 54.6 Å². The van der Waals surface area contributed by atoms with Crippen molar-refractivity contribution in [1.29, 1.82) is 10.5 Å². The number of esters is 1. The molecule has 4 heteroatoms. The molecular weight excluding hydrogens is 300 g/mol. The van der Waals surface area contributed by atoms with Gasteiger partial charge in [-0.15, -0.1) is 0 Å². The molecule has 0 aromatic heterocycles. The Labute approximate surface area is 141 Å². The maximum absolute atomic E-state index is 12.4. The van der Waals surface area contributed by atoms with Crippen LogP contribution in [-0.4, -0.2) is 12.6 Å². The van der Waals surface area contributed by atoms with E-state index >= 15 is 0 Å². The normalized spacial score (nSPS) is 12.5. The molecule has 2 rings (SSSR count). The Hall–Kier alpha value is -3.11. The molecule has 0 aliphatic rings. The van der Waals surface area contributed by atoms with E-state index in [-0.39, 0.29) is 19.4 Å². The van der Waals surface area contributed by atoms with Gasteiger partial charge in [0.05, 0.1) is 18.7 Å². The highest BCUT2D eigenvalue weighted by molar-refractivity contribution is 5.87. The third kappa shape index (κ3) is 3.45. The highest BCUT2D eigenvalue weighted by Crippen LogP contribution is 2.32. The van der Waals surface area contributed by atoms with E-state index < -0.39 is 11.4 Å². The van der Waals surface area contributed by atoms with Crippen molar-refractivity contribution < 1.29 is 9.53 Å². The van der Waals surface area contributed by atoms with Gasteiger partial charge in [0, 0.05) is 6.42 Å². The highest BCUT2D eigenvalue weighted by atomic mass is 16.5. The van der Waals surface area contributed by atoms with Crippen LogP contribution >= 0.6 is 0 Å². The summed E-state index contributed by atoms with van der Waals surface area (Å²) in [5.41, 5.74) is 1.16. The topological polar surface area (TPSA) is 73.9 Å². The Morgan fingerprint density at radius 1 is 1.04 bits per heavy atom. The molecule has 0 spiro atoms. The average Bonchev–Trinajstić information content (AvgIpc) is 2.64. The number of hydrogen-bond donors (Lipinski definition) is 0. The molecule has 0 bridgehead atoms. The van der Waals surface area contributed by atoms with E-state index in [2.05, 4.69) is 6.07 Å². The van der Waals surface area contributed by atoms with Gasteiger partial charge in [0.2, 0.25) is 0 Å². The zero-order chi connectivity index (χ0) is 17.4. The van der Waals surface area contributed by atoms with Gasteiger partial charge in [-0.2, -0.15) is 10.5 Å². The Morgan fingerprint density at radius 2 is 1.67 bits per heavy atom. The van der Waals surface area contributed by atoms with E-state index in [1.807, 2.05) is 48.5 Å². The standard InChI is InChI=1S/C20H18N2O2/c1-2-24-19(23)20(15-22,13-6-14-21)18-11-9-17(10-12-18)16-7-4-3-5-8-16/h3-5,7-12H,2,6,13H2,1H3/t20-/m1/s1. The van der Waals surface area contributed by atoms with Crippen LogP contribution in [-0.2, 0) is 14.9 Å². The van der Waals surface area contributed by atoms with Crippen LogP contribution in [0.3, 0.4) is 0 Å². The fourth-order valence-electron chi connectivity index (χ4n) is 2.61. The van der Waals surface area contributed by atoms with Gasteiger partial charge in [-0.1, -0.05) is 54.6 Å². The molecular formula is C20H18N2O2. The molecule has 1 atom stereocenters. The summed E-state index contributed by atoms with van der Waals surface area (Å²) in [5.74, 6) is -0.602. The van der Waals surface area contributed by atoms with Gasteiger partial charge in [-0.3, -0.25) is 0 Å². The van der Waals surface area contributed by atoms with Crippen molar-refractivity contribution in [2.75, 3.05) is 6.61 Å². The highest BCUT2D eigenvalue weighted by Gasteiger charge is 2.42. The molecule has 0 saturated carbocycles. The predicted octanol–water partition coefficient (Wildman–Crippen LogP) is 3.98. The second-order valence-corrected chi connectivity index (χ2v) is 5.34. The minimum atomic E-state index is -1.44. The lowest BCUT2D eigenvalue weighted by Gasteiger charge is -2.24. The molecule has 0 fully saturated rings. The molecule has 0 aliphatic carbocycles. The van der Waals surface area contributed by atoms with Crippen molar-refractivity contribution >= 4 is 5.97 Å². The molecule has 2 aromatic carbocycles. The number of rotatable bonds is 6. The summed E-state index contributed by atoms with van der Waals surface area (Å²) < 4.78 is 5.09. The van der Waals surface area contributed by atoms with Crippen LogP contribution in [0.2, 0.25) is 0 Å². The first-order valence-corrected chi connectivity index (χ1v) is 7.79. The van der Waals surface area contributed by atoms with Crippen molar-refractivity contribution in [3.8, 4) is 23.3 Å². The second kappa shape index (κ2) is 7.94. The maximum Gasteiger partial charge on any atom is 0.331 e. The number of carbonyl (C=O) groups is 1. The zero-order valence-corrected chi connectivity index (χ0v) is 13.5. The minimum absolute atomic E-state index is 0.104. The lowest BCUT2D eigenvalue weighted by atomic mass is 9.77. The fraction of sp³-hybridized carbons (Fsp3) is 0.250. The number of ether oxygens (including phenoxy) is 1. The molecule has 0 radical (unpaired) electrons. The monoisotopic (exact) mass is 318 g/mol. The molecule has 0 aliphatic heterocycles. The third-order valence-electron chi connectivity index (χ3n) is 3.91. The Bertz CT molecular complexity index is 770. The Morgan fingerprint density at radius 3 is 2.21 bits per heavy atom. The number of nitrogens with zero attached hydrogens (tertiary/aromatic N) is 2. The summed E-state index contributed by atoms with van der Waals surface area (Å²) in [6.07, 6.45) is 0.219. The van der Waals surface area contributed by atoms with Crippen LogP contribution in [0.25, 0.3) is 11.1 Å². The van der Waals surface area contributed by atoms with Gasteiger partial charge in [-0.05, 0) is 30.0 Å². The van der Waals surface area contributed by atoms with E-state index in [1.54, 1.807) is 19.1 Å². The number of carbonyl (C=O) groups excluding carboxylic acids is 1. The Kier molecular flexibility index (Phi) is 5.71. The summed E-state index contributed by atoms with van der Waals surface area (Å²) in [6, 6.07) is 21.2. The van der Waals surface area contributed by atoms with E-state index in [0.717, 1.165) is 11.1 Å². The number of hydrogen-bond acceptors (Lipinski definition) is 4. The quantitative estimate of drug-likeness (QED) is 0.755. The molecule has 0 N–H and O–H groups in total. The Balaban J connectivity index is 2.41. The lowest BCUT2D eigenvalue weighted by Crippen LogP contribution is -2.36. The third-order valence-corrected chi connectivity index (χ3v) is 3.91. The van der Waals surface area contributed by atoms with Crippen molar-refractivity contribution in [3.63, 3.8) is 0 Å². The fourth-order valence-corrected chi connectivity index (χ4v) is 2.61. The lowest BCUT2D eigenvalue weighted by molar-refractivity contribution is -0.148. The maximum atomic E-state index is 12.4. The molecule has 0 heterocycles. The van der Waals surface area contributed by atoms with Crippen molar-refractivity contribution in [3.05, 3.63) is 60.2 Å². The molecule has 0 amide bonds. The summed E-state index contributed by atoms with van der Waals surface area (Å²) in [5, 5.41) is 18.5. The summed E-state index contributed by atoms with van der Waals surface area (Å²) in [4.78, 5) is 12.4. The summed E-state index contributed by atoms with van der Waals surface area (Å²) in [6.45, 7) is 1.89. The van der Waals surface area contributed by atoms with Crippen LogP contribution in [0, 0.1) is 22.7 Å². The first-order valence-electron chi connectivity index (χ1n) is 7.79. The molecule has 0 saturated heterocycles. The minimum Gasteiger partial charge on any atom is -0.465 e. The van der Waals surface area contributed by atoms with Crippen LogP contribution in [0.4, 0.5) is 0 Å². The van der Waals surface area contributed by atoms with Crippen LogP contribution in [0.1, 0.15) is 25.3 Å². The number of nitriles is 2. The molecule has 120 valence electrons. The van der Waals surface area contributed by atoms with E-state index in [0.29, 0.717) is 5.56 Å². The first kappa shape index (κ1) is 17.2. The zero-order valence-electron chi connectivity index (χ0n) is 13.5. The average molecular weight is 318 g/mol. The smallest absolute Gasteiger partial charge is 0.331 e. The van der Waals surface area contributed by atoms with Gasteiger partial charge in [0.25, 0.3) is 0 Å². The van der Waals surface area contributed by atoms with Crippen LogP contribution < -0.4 is 0 Å². The van der Waals surface area contributed by atoms with E-state index in [4.69, 9.17) is 10.00 Å². The van der Waals surface area contributed by atoms with Crippen LogP contribution in [0.5, 0.6) is 0 Å². The van der Waals surface area contributed by atoms with Gasteiger partial charge >= 0.3 is 5.97 Å².